The highest BCUT2D eigenvalue weighted by Crippen LogP contribution is 2.44. The van der Waals surface area contributed by atoms with Crippen LogP contribution in [0.2, 0.25) is 0 Å². The summed E-state index contributed by atoms with van der Waals surface area (Å²) in [6.45, 7) is 3.79. The van der Waals surface area contributed by atoms with Gasteiger partial charge in [0.05, 0.1) is 11.9 Å². The minimum atomic E-state index is -3.99. The van der Waals surface area contributed by atoms with Gasteiger partial charge in [0, 0.05) is 17.8 Å². The number of sulfonamides is 1. The van der Waals surface area contributed by atoms with Crippen LogP contribution in [0, 0.1) is 11.6 Å². The van der Waals surface area contributed by atoms with Gasteiger partial charge >= 0.3 is 0 Å². The molecule has 1 N–H and O–H groups in total. The van der Waals surface area contributed by atoms with Gasteiger partial charge in [-0.1, -0.05) is 6.07 Å². The third kappa shape index (κ3) is 2.84. The summed E-state index contributed by atoms with van der Waals surface area (Å²) in [5, 5.41) is -0.153. The van der Waals surface area contributed by atoms with Gasteiger partial charge in [-0.15, -0.1) is 0 Å². The second-order valence-electron chi connectivity index (χ2n) is 6.39. The summed E-state index contributed by atoms with van der Waals surface area (Å²) < 4.78 is 57.7. The Hall–Kier alpha value is -1.80. The lowest BCUT2D eigenvalue weighted by Crippen LogP contribution is -2.51. The van der Waals surface area contributed by atoms with E-state index in [2.05, 4.69) is 9.71 Å². The van der Waals surface area contributed by atoms with Crippen LogP contribution in [0.5, 0.6) is 0 Å². The Balaban J connectivity index is 1.97. The second kappa shape index (κ2) is 5.93. The van der Waals surface area contributed by atoms with Gasteiger partial charge < -0.3 is 4.57 Å². The Labute approximate surface area is 139 Å². The molecule has 0 aliphatic heterocycles. The number of nitrogens with one attached hydrogen (secondary N) is 1. The normalized spacial score (nSPS) is 17.0. The fraction of sp³-hybridized carbons (Fsp3) is 0.438. The molecule has 0 amide bonds. The molecule has 1 aliphatic carbocycles. The maximum absolute atomic E-state index is 14.2. The fourth-order valence-corrected chi connectivity index (χ4v) is 4.31. The predicted octanol–water partition coefficient (Wildman–Crippen LogP) is 3.10. The molecule has 0 spiro atoms. The van der Waals surface area contributed by atoms with E-state index in [0.717, 1.165) is 12.1 Å². The summed E-state index contributed by atoms with van der Waals surface area (Å²) in [6, 6.07) is 3.60. The van der Waals surface area contributed by atoms with Crippen LogP contribution < -0.4 is 4.72 Å². The average molecular weight is 355 g/mol. The van der Waals surface area contributed by atoms with Gasteiger partial charge in [-0.05, 0) is 45.2 Å². The maximum Gasteiger partial charge on any atom is 0.260 e. The van der Waals surface area contributed by atoms with Gasteiger partial charge in [0.25, 0.3) is 10.0 Å². The van der Waals surface area contributed by atoms with E-state index in [1.807, 2.05) is 13.8 Å². The molecule has 3 rings (SSSR count). The first-order chi connectivity index (χ1) is 11.3. The number of hydrogen-bond donors (Lipinski definition) is 1. The Bertz CT molecular complexity index is 838. The van der Waals surface area contributed by atoms with Crippen molar-refractivity contribution in [2.24, 2.45) is 0 Å². The van der Waals surface area contributed by atoms with Crippen LogP contribution in [0.3, 0.4) is 0 Å². The molecule has 1 aromatic heterocycles. The van der Waals surface area contributed by atoms with E-state index >= 15 is 0 Å². The molecule has 0 bridgehead atoms. The maximum atomic E-state index is 14.2. The Morgan fingerprint density at radius 1 is 1.25 bits per heavy atom. The molecule has 0 unspecified atom stereocenters. The van der Waals surface area contributed by atoms with Crippen LogP contribution in [0.25, 0.3) is 0 Å². The number of benzene rings is 1. The zero-order valence-corrected chi connectivity index (χ0v) is 14.3. The van der Waals surface area contributed by atoms with Crippen molar-refractivity contribution in [2.75, 3.05) is 0 Å². The van der Waals surface area contributed by atoms with E-state index in [1.165, 1.54) is 18.6 Å². The number of nitrogens with zero attached hydrogens (tertiary/aromatic N) is 2. The zero-order chi connectivity index (χ0) is 17.5. The molecule has 130 valence electrons. The van der Waals surface area contributed by atoms with E-state index in [1.54, 1.807) is 4.57 Å². The van der Waals surface area contributed by atoms with Crippen LogP contribution in [0.4, 0.5) is 8.78 Å². The highest BCUT2D eigenvalue weighted by atomic mass is 32.2. The molecular weight excluding hydrogens is 336 g/mol. The molecular formula is C16H19F2N3O2S. The van der Waals surface area contributed by atoms with Crippen LogP contribution >= 0.6 is 0 Å². The quantitative estimate of drug-likeness (QED) is 0.896. The summed E-state index contributed by atoms with van der Waals surface area (Å²) in [6.07, 6.45) is 4.22. The molecule has 1 fully saturated rings. The molecule has 8 heteroatoms. The molecule has 2 aromatic rings. The highest BCUT2D eigenvalue weighted by molar-refractivity contribution is 7.89. The van der Waals surface area contributed by atoms with E-state index < -0.39 is 27.2 Å². The summed E-state index contributed by atoms with van der Waals surface area (Å²) in [4.78, 5) is 3.92. The SMILES string of the molecule is CC(C)n1cnc(S(=O)(=O)NC2(c3c(F)cccc3F)CCC2)c1. The van der Waals surface area contributed by atoms with Gasteiger partial charge in [-0.2, -0.15) is 4.72 Å². The van der Waals surface area contributed by atoms with Gasteiger partial charge in [0.1, 0.15) is 11.6 Å². The van der Waals surface area contributed by atoms with E-state index in [-0.39, 0.29) is 16.6 Å². The van der Waals surface area contributed by atoms with Crippen molar-refractivity contribution < 1.29 is 17.2 Å². The van der Waals surface area contributed by atoms with Crippen LogP contribution in [0.15, 0.2) is 35.7 Å². The lowest BCUT2D eigenvalue weighted by molar-refractivity contribution is 0.209. The standard InChI is InChI=1S/C16H19F2N3O2S/c1-11(2)21-9-14(19-10-21)24(22,23)20-16(7-4-8-16)15-12(17)5-3-6-13(15)18/h3,5-6,9-11,20H,4,7-8H2,1-2H3. The first-order valence-corrected chi connectivity index (χ1v) is 9.25. The van der Waals surface area contributed by atoms with E-state index in [9.17, 15) is 17.2 Å². The van der Waals surface area contributed by atoms with Crippen molar-refractivity contribution in [1.82, 2.24) is 14.3 Å². The van der Waals surface area contributed by atoms with E-state index in [4.69, 9.17) is 0 Å². The molecule has 5 nitrogen and oxygen atoms in total. The largest absolute Gasteiger partial charge is 0.334 e. The summed E-state index contributed by atoms with van der Waals surface area (Å²) in [7, 11) is -3.99. The van der Waals surface area contributed by atoms with Gasteiger partial charge in [-0.3, -0.25) is 0 Å². The van der Waals surface area contributed by atoms with Crippen LogP contribution in [-0.2, 0) is 15.6 Å². The van der Waals surface area contributed by atoms with E-state index in [0.29, 0.717) is 19.3 Å². The molecule has 1 heterocycles. The highest BCUT2D eigenvalue weighted by Gasteiger charge is 2.46. The summed E-state index contributed by atoms with van der Waals surface area (Å²) in [5.74, 6) is -1.49. The number of rotatable bonds is 5. The molecule has 24 heavy (non-hydrogen) atoms. The molecule has 0 saturated heterocycles. The summed E-state index contributed by atoms with van der Waals surface area (Å²) in [5.41, 5.74) is -1.47. The lowest BCUT2D eigenvalue weighted by Gasteiger charge is -2.42. The van der Waals surface area contributed by atoms with Crippen molar-refractivity contribution in [1.29, 1.82) is 0 Å². The van der Waals surface area contributed by atoms with Crippen molar-refractivity contribution in [3.8, 4) is 0 Å². The first-order valence-electron chi connectivity index (χ1n) is 7.77. The van der Waals surface area contributed by atoms with Crippen molar-refractivity contribution in [3.63, 3.8) is 0 Å². The average Bonchev–Trinajstić information content (AvgIpc) is 2.95. The topological polar surface area (TPSA) is 64.0 Å². The van der Waals surface area contributed by atoms with Crippen molar-refractivity contribution in [3.05, 3.63) is 47.9 Å². The monoisotopic (exact) mass is 355 g/mol. The number of hydrogen-bond acceptors (Lipinski definition) is 3. The van der Waals surface area contributed by atoms with Crippen molar-refractivity contribution in [2.45, 2.75) is 49.7 Å². The van der Waals surface area contributed by atoms with Crippen molar-refractivity contribution >= 4 is 10.0 Å². The fourth-order valence-electron chi connectivity index (χ4n) is 2.94. The molecule has 0 radical (unpaired) electrons. The van der Waals surface area contributed by atoms with Gasteiger partial charge in [0.15, 0.2) is 5.03 Å². The number of aromatic nitrogens is 2. The van der Waals surface area contributed by atoms with Crippen LogP contribution in [0.1, 0.15) is 44.7 Å². The second-order valence-corrected chi connectivity index (χ2v) is 8.02. The molecule has 1 saturated carbocycles. The third-order valence-electron chi connectivity index (χ3n) is 4.43. The smallest absolute Gasteiger partial charge is 0.260 e. The Kier molecular flexibility index (Phi) is 4.21. The number of halogens is 2. The lowest BCUT2D eigenvalue weighted by atomic mass is 9.72. The first kappa shape index (κ1) is 17.0. The van der Waals surface area contributed by atoms with Crippen LogP contribution in [-0.4, -0.2) is 18.0 Å². The van der Waals surface area contributed by atoms with Gasteiger partial charge in [0.2, 0.25) is 0 Å². The predicted molar refractivity (Wildman–Crippen MR) is 84.8 cm³/mol. The molecule has 1 aliphatic rings. The molecule has 0 atom stereocenters. The minimum absolute atomic E-state index is 0.0584. The minimum Gasteiger partial charge on any atom is -0.334 e. The zero-order valence-electron chi connectivity index (χ0n) is 13.5. The Morgan fingerprint density at radius 3 is 2.33 bits per heavy atom. The molecule has 1 aromatic carbocycles. The third-order valence-corrected chi connectivity index (χ3v) is 5.85. The summed E-state index contributed by atoms with van der Waals surface area (Å²) >= 11 is 0. The Morgan fingerprint density at radius 2 is 1.88 bits per heavy atom. The van der Waals surface area contributed by atoms with Gasteiger partial charge in [-0.25, -0.2) is 22.2 Å². The number of imidazole rings is 1.